The molecule has 3 rings (SSSR count). The molecule has 1 heterocycles. The molecule has 140 valence electrons. The second kappa shape index (κ2) is 7.89. The van der Waals surface area contributed by atoms with Gasteiger partial charge in [-0.05, 0) is 38.3 Å². The van der Waals surface area contributed by atoms with E-state index in [2.05, 4.69) is 15.5 Å². The molecule has 0 atom stereocenters. The van der Waals surface area contributed by atoms with Gasteiger partial charge in [-0.3, -0.25) is 4.79 Å². The Hall–Kier alpha value is -2.37. The van der Waals surface area contributed by atoms with Crippen molar-refractivity contribution in [1.29, 1.82) is 0 Å². The summed E-state index contributed by atoms with van der Waals surface area (Å²) in [4.78, 5) is 17.0. The molecule has 26 heavy (non-hydrogen) atoms. The molecular weight excluding hydrogens is 330 g/mol. The third-order valence-corrected chi connectivity index (χ3v) is 4.98. The Morgan fingerprint density at radius 3 is 2.54 bits per heavy atom. The third-order valence-electron chi connectivity index (χ3n) is 4.98. The molecule has 6 heteroatoms. The highest BCUT2D eigenvalue weighted by Crippen LogP contribution is 2.34. The molecule has 6 nitrogen and oxygen atoms in total. The van der Waals surface area contributed by atoms with E-state index in [4.69, 9.17) is 9.26 Å². The molecule has 1 aromatic heterocycles. The van der Waals surface area contributed by atoms with E-state index in [1.807, 2.05) is 32.0 Å². The molecule has 0 unspecified atom stereocenters. The minimum absolute atomic E-state index is 0.0253. The van der Waals surface area contributed by atoms with Crippen LogP contribution in [0, 0.1) is 20.8 Å². The number of nitrogens with zero attached hydrogens (tertiary/aromatic N) is 2. The molecule has 0 bridgehead atoms. The van der Waals surface area contributed by atoms with Crippen molar-refractivity contribution in [2.45, 2.75) is 64.8 Å². The first-order valence-corrected chi connectivity index (χ1v) is 9.30. The Morgan fingerprint density at radius 2 is 1.92 bits per heavy atom. The van der Waals surface area contributed by atoms with Crippen LogP contribution in [0.3, 0.4) is 0 Å². The van der Waals surface area contributed by atoms with Crippen molar-refractivity contribution in [3.8, 4) is 5.75 Å². The fourth-order valence-electron chi connectivity index (χ4n) is 3.64. The minimum atomic E-state index is -0.559. The highest BCUT2D eigenvalue weighted by molar-refractivity contribution is 5.78. The van der Waals surface area contributed by atoms with Gasteiger partial charge in [0.05, 0.1) is 0 Å². The largest absolute Gasteiger partial charge is 0.484 e. The van der Waals surface area contributed by atoms with Crippen molar-refractivity contribution in [3.05, 3.63) is 41.0 Å². The highest BCUT2D eigenvalue weighted by atomic mass is 16.5. The van der Waals surface area contributed by atoms with E-state index in [0.717, 1.165) is 49.8 Å². The summed E-state index contributed by atoms with van der Waals surface area (Å²) in [7, 11) is 0. The van der Waals surface area contributed by atoms with Crippen LogP contribution in [-0.4, -0.2) is 22.7 Å². The first kappa shape index (κ1) is 18.4. The maximum Gasteiger partial charge on any atom is 0.258 e. The van der Waals surface area contributed by atoms with Gasteiger partial charge in [0, 0.05) is 6.92 Å². The summed E-state index contributed by atoms with van der Waals surface area (Å²) >= 11 is 0. The Balaban J connectivity index is 1.71. The van der Waals surface area contributed by atoms with E-state index >= 15 is 0 Å². The van der Waals surface area contributed by atoms with E-state index in [-0.39, 0.29) is 12.5 Å². The standard InChI is InChI=1S/C20H27N3O3/c1-14-8-9-17(15(2)12-14)25-13-18(24)22-20(10-6-4-5-7-11-20)19-21-16(3)26-23-19/h8-9,12H,4-7,10-11,13H2,1-3H3,(H,22,24). The SMILES string of the molecule is Cc1ccc(OCC(=O)NC2(c3noc(C)n3)CCCCCC2)c(C)c1. The zero-order valence-electron chi connectivity index (χ0n) is 15.8. The second-order valence-electron chi connectivity index (χ2n) is 7.24. The molecule has 0 aliphatic heterocycles. The molecule has 1 aliphatic rings. The Bertz CT molecular complexity index is 761. The van der Waals surface area contributed by atoms with Crippen LogP contribution >= 0.6 is 0 Å². The average molecular weight is 357 g/mol. The number of hydrogen-bond acceptors (Lipinski definition) is 5. The molecule has 1 fully saturated rings. The molecule has 2 aromatic rings. The average Bonchev–Trinajstić information content (AvgIpc) is 2.90. The summed E-state index contributed by atoms with van der Waals surface area (Å²) in [5.74, 6) is 1.67. The second-order valence-corrected chi connectivity index (χ2v) is 7.24. The lowest BCUT2D eigenvalue weighted by molar-refractivity contribution is -0.125. The number of nitrogens with one attached hydrogen (secondary N) is 1. The molecule has 1 N–H and O–H groups in total. The van der Waals surface area contributed by atoms with E-state index in [1.54, 1.807) is 6.92 Å². The van der Waals surface area contributed by atoms with E-state index in [0.29, 0.717) is 11.7 Å². The number of carbonyl (C=O) groups is 1. The molecule has 1 amide bonds. The predicted octanol–water partition coefficient (Wildman–Crippen LogP) is 3.74. The number of hydrogen-bond donors (Lipinski definition) is 1. The molecule has 0 spiro atoms. The normalized spacial score (nSPS) is 16.7. The summed E-state index contributed by atoms with van der Waals surface area (Å²) in [6.07, 6.45) is 6.03. The lowest BCUT2D eigenvalue weighted by atomic mass is 9.89. The van der Waals surface area contributed by atoms with Crippen molar-refractivity contribution < 1.29 is 14.1 Å². The van der Waals surface area contributed by atoms with Gasteiger partial charge in [0.25, 0.3) is 5.91 Å². The highest BCUT2D eigenvalue weighted by Gasteiger charge is 2.38. The van der Waals surface area contributed by atoms with Crippen LogP contribution < -0.4 is 10.1 Å². The van der Waals surface area contributed by atoms with Gasteiger partial charge in [-0.25, -0.2) is 0 Å². The smallest absolute Gasteiger partial charge is 0.258 e. The summed E-state index contributed by atoms with van der Waals surface area (Å²) in [5.41, 5.74) is 1.64. The van der Waals surface area contributed by atoms with Crippen molar-refractivity contribution in [3.63, 3.8) is 0 Å². The summed E-state index contributed by atoms with van der Waals surface area (Å²) in [6.45, 7) is 5.76. The summed E-state index contributed by atoms with van der Waals surface area (Å²) in [5, 5.41) is 7.26. The number of aromatic nitrogens is 2. The Morgan fingerprint density at radius 1 is 1.19 bits per heavy atom. The molecule has 0 saturated heterocycles. The quantitative estimate of drug-likeness (QED) is 0.825. The number of carbonyl (C=O) groups excluding carboxylic acids is 1. The van der Waals surface area contributed by atoms with E-state index in [9.17, 15) is 4.79 Å². The Labute approximate surface area is 154 Å². The molecular formula is C20H27N3O3. The zero-order chi connectivity index (χ0) is 18.6. The van der Waals surface area contributed by atoms with Gasteiger partial charge in [0.15, 0.2) is 12.4 Å². The number of aryl methyl sites for hydroxylation is 3. The van der Waals surface area contributed by atoms with Crippen molar-refractivity contribution in [2.75, 3.05) is 6.61 Å². The van der Waals surface area contributed by atoms with Crippen molar-refractivity contribution >= 4 is 5.91 Å². The summed E-state index contributed by atoms with van der Waals surface area (Å²) in [6, 6.07) is 5.93. The van der Waals surface area contributed by atoms with Crippen LogP contribution in [0.4, 0.5) is 0 Å². The number of rotatable bonds is 5. The maximum absolute atomic E-state index is 12.6. The van der Waals surface area contributed by atoms with Crippen LogP contribution in [0.2, 0.25) is 0 Å². The zero-order valence-corrected chi connectivity index (χ0v) is 15.8. The van der Waals surface area contributed by atoms with Crippen LogP contribution in [0.15, 0.2) is 22.7 Å². The van der Waals surface area contributed by atoms with Crippen molar-refractivity contribution in [2.24, 2.45) is 0 Å². The molecule has 1 aliphatic carbocycles. The van der Waals surface area contributed by atoms with Gasteiger partial charge < -0.3 is 14.6 Å². The molecule has 1 saturated carbocycles. The van der Waals surface area contributed by atoms with Gasteiger partial charge in [-0.15, -0.1) is 0 Å². The topological polar surface area (TPSA) is 77.2 Å². The predicted molar refractivity (Wildman–Crippen MR) is 98.0 cm³/mol. The monoisotopic (exact) mass is 357 g/mol. The fraction of sp³-hybridized carbons (Fsp3) is 0.550. The lowest BCUT2D eigenvalue weighted by Gasteiger charge is -2.30. The fourth-order valence-corrected chi connectivity index (χ4v) is 3.64. The van der Waals surface area contributed by atoms with Gasteiger partial charge in [-0.1, -0.05) is 48.5 Å². The first-order valence-electron chi connectivity index (χ1n) is 9.30. The number of ether oxygens (including phenoxy) is 1. The van der Waals surface area contributed by atoms with Crippen LogP contribution in [-0.2, 0) is 10.3 Å². The van der Waals surface area contributed by atoms with E-state index in [1.165, 1.54) is 5.56 Å². The Kier molecular flexibility index (Phi) is 5.59. The number of benzene rings is 1. The summed E-state index contributed by atoms with van der Waals surface area (Å²) < 4.78 is 10.9. The van der Waals surface area contributed by atoms with Gasteiger partial charge >= 0.3 is 0 Å². The van der Waals surface area contributed by atoms with Gasteiger partial charge in [0.1, 0.15) is 11.3 Å². The lowest BCUT2D eigenvalue weighted by Crippen LogP contribution is -2.48. The van der Waals surface area contributed by atoms with E-state index < -0.39 is 5.54 Å². The number of amides is 1. The van der Waals surface area contributed by atoms with Crippen LogP contribution in [0.25, 0.3) is 0 Å². The molecule has 0 radical (unpaired) electrons. The third kappa shape index (κ3) is 4.23. The first-order chi connectivity index (χ1) is 12.5. The van der Waals surface area contributed by atoms with Crippen LogP contribution in [0.5, 0.6) is 5.75 Å². The van der Waals surface area contributed by atoms with Gasteiger partial charge in [0.2, 0.25) is 5.89 Å². The van der Waals surface area contributed by atoms with Crippen LogP contribution in [0.1, 0.15) is 61.4 Å². The minimum Gasteiger partial charge on any atom is -0.484 e. The van der Waals surface area contributed by atoms with Crippen molar-refractivity contribution in [1.82, 2.24) is 15.5 Å². The maximum atomic E-state index is 12.6. The molecule has 1 aromatic carbocycles. The van der Waals surface area contributed by atoms with Gasteiger partial charge in [-0.2, -0.15) is 4.98 Å².